The number of carbonyl (C=O) groups excluding carboxylic acids is 2. The maximum Gasteiger partial charge on any atom is 0.254 e. The quantitative estimate of drug-likeness (QED) is 0.432. The van der Waals surface area contributed by atoms with Crippen LogP contribution in [-0.4, -0.2) is 43.2 Å². The van der Waals surface area contributed by atoms with E-state index in [0.29, 0.717) is 5.75 Å². The fourth-order valence-corrected chi connectivity index (χ4v) is 4.43. The normalized spacial score (nSPS) is 29.1. The first-order chi connectivity index (χ1) is 13.4. The number of amides is 2. The third-order valence-electron chi connectivity index (χ3n) is 6.18. The van der Waals surface area contributed by atoms with Gasteiger partial charge in [-0.2, -0.15) is 10.1 Å². The maximum atomic E-state index is 12.8. The number of hydrogen-bond acceptors (Lipinski definition) is 5. The number of allylic oxidation sites excluding steroid dienone is 2. The molecule has 28 heavy (non-hydrogen) atoms. The minimum absolute atomic E-state index is 0.0562. The van der Waals surface area contributed by atoms with E-state index in [-0.39, 0.29) is 41.6 Å². The second kappa shape index (κ2) is 7.08. The van der Waals surface area contributed by atoms with E-state index in [1.807, 2.05) is 44.1 Å². The highest BCUT2D eigenvalue weighted by Crippen LogP contribution is 2.52. The molecule has 2 bridgehead atoms. The van der Waals surface area contributed by atoms with Crippen molar-refractivity contribution in [3.63, 3.8) is 0 Å². The van der Waals surface area contributed by atoms with Gasteiger partial charge in [-0.1, -0.05) is 19.1 Å². The van der Waals surface area contributed by atoms with E-state index in [4.69, 9.17) is 4.74 Å². The molecule has 3 aliphatic rings. The maximum absolute atomic E-state index is 12.8. The van der Waals surface area contributed by atoms with Crippen LogP contribution in [0.15, 0.2) is 35.5 Å². The van der Waals surface area contributed by atoms with Crippen LogP contribution >= 0.6 is 0 Å². The largest absolute Gasteiger partial charge is 0.490 e. The molecule has 1 heterocycles. The summed E-state index contributed by atoms with van der Waals surface area (Å²) >= 11 is 0. The van der Waals surface area contributed by atoms with Crippen molar-refractivity contribution < 1.29 is 14.3 Å². The summed E-state index contributed by atoms with van der Waals surface area (Å²) in [5.74, 6) is 0.281. The van der Waals surface area contributed by atoms with Crippen LogP contribution in [0, 0.1) is 23.7 Å². The Bertz CT molecular complexity index is 831. The zero-order valence-corrected chi connectivity index (χ0v) is 16.8. The molecule has 2 aliphatic carbocycles. The van der Waals surface area contributed by atoms with Gasteiger partial charge in [-0.25, -0.2) is 0 Å². The van der Waals surface area contributed by atoms with Gasteiger partial charge in [0.2, 0.25) is 0 Å². The average molecular weight is 381 g/mol. The molecule has 0 N–H and O–H groups in total. The first kappa shape index (κ1) is 18.7. The van der Waals surface area contributed by atoms with E-state index in [2.05, 4.69) is 24.2 Å². The highest BCUT2D eigenvalue weighted by molar-refractivity contribution is 6.07. The molecule has 1 aromatic carbocycles. The van der Waals surface area contributed by atoms with Crippen molar-refractivity contribution in [3.05, 3.63) is 35.9 Å². The predicted octanol–water partition coefficient (Wildman–Crippen LogP) is 3.07. The van der Waals surface area contributed by atoms with Crippen molar-refractivity contribution in [3.8, 4) is 5.75 Å². The van der Waals surface area contributed by atoms with Gasteiger partial charge in [0, 0.05) is 31.4 Å². The van der Waals surface area contributed by atoms with Crippen LogP contribution in [0.5, 0.6) is 5.75 Å². The number of anilines is 1. The summed E-state index contributed by atoms with van der Waals surface area (Å²) < 4.78 is 6.06. The third-order valence-corrected chi connectivity index (χ3v) is 6.18. The van der Waals surface area contributed by atoms with Gasteiger partial charge < -0.3 is 9.64 Å². The molecular weight excluding hydrogens is 354 g/mol. The van der Waals surface area contributed by atoms with E-state index in [0.717, 1.165) is 29.1 Å². The number of imide groups is 1. The van der Waals surface area contributed by atoms with Gasteiger partial charge in [0.1, 0.15) is 5.75 Å². The molecule has 1 saturated heterocycles. The number of hydrogen-bond donors (Lipinski definition) is 0. The molecule has 0 unspecified atom stereocenters. The fraction of sp³-hybridized carbons (Fsp3) is 0.500. The lowest BCUT2D eigenvalue weighted by Crippen LogP contribution is -2.28. The number of carbonyl (C=O) groups is 2. The van der Waals surface area contributed by atoms with E-state index in [1.165, 1.54) is 0 Å². The number of fused-ring (bicyclic) bond motifs is 5. The highest BCUT2D eigenvalue weighted by atomic mass is 16.5. The van der Waals surface area contributed by atoms with Gasteiger partial charge >= 0.3 is 0 Å². The standard InChI is InChI=1S/C22H27N3O3/c1-5-13(2)28-18-11-17(24(3)4)9-8-16(18)12-23-25-21(26)19-14-6-7-15(10-14)20(19)22(25)27/h6-9,11-15,19-20H,5,10H2,1-4H3/t13-,14+,15+,19-,20+/m1/s1. The summed E-state index contributed by atoms with van der Waals surface area (Å²) in [6.07, 6.45) is 7.60. The van der Waals surface area contributed by atoms with Gasteiger partial charge in [-0.3, -0.25) is 9.59 Å². The summed E-state index contributed by atoms with van der Waals surface area (Å²) in [6.45, 7) is 4.08. The van der Waals surface area contributed by atoms with Crippen LogP contribution in [0.4, 0.5) is 5.69 Å². The Morgan fingerprint density at radius 3 is 2.43 bits per heavy atom. The Morgan fingerprint density at radius 1 is 1.21 bits per heavy atom. The topological polar surface area (TPSA) is 62.2 Å². The Kier molecular flexibility index (Phi) is 4.73. The number of nitrogens with zero attached hydrogens (tertiary/aromatic N) is 3. The Labute approximate surface area is 165 Å². The van der Waals surface area contributed by atoms with Crippen molar-refractivity contribution in [2.24, 2.45) is 28.8 Å². The number of rotatable bonds is 6. The van der Waals surface area contributed by atoms with Gasteiger partial charge in [0.15, 0.2) is 0 Å². The van der Waals surface area contributed by atoms with Crippen LogP contribution in [0.2, 0.25) is 0 Å². The smallest absolute Gasteiger partial charge is 0.254 e. The second-order valence-corrected chi connectivity index (χ2v) is 8.19. The zero-order valence-electron chi connectivity index (χ0n) is 16.8. The second-order valence-electron chi connectivity index (χ2n) is 8.19. The van der Waals surface area contributed by atoms with Crippen LogP contribution in [0.1, 0.15) is 32.3 Å². The van der Waals surface area contributed by atoms with E-state index in [9.17, 15) is 9.59 Å². The minimum atomic E-state index is -0.230. The van der Waals surface area contributed by atoms with Crippen molar-refractivity contribution in [2.45, 2.75) is 32.8 Å². The summed E-state index contributed by atoms with van der Waals surface area (Å²) in [5.41, 5.74) is 1.77. The van der Waals surface area contributed by atoms with E-state index < -0.39 is 0 Å². The van der Waals surface area contributed by atoms with Crippen molar-refractivity contribution >= 4 is 23.7 Å². The fourth-order valence-electron chi connectivity index (χ4n) is 4.43. The highest BCUT2D eigenvalue weighted by Gasteiger charge is 2.59. The first-order valence-electron chi connectivity index (χ1n) is 9.98. The predicted molar refractivity (Wildman–Crippen MR) is 108 cm³/mol. The summed E-state index contributed by atoms with van der Waals surface area (Å²) in [7, 11) is 3.94. The lowest BCUT2D eigenvalue weighted by molar-refractivity contribution is -0.140. The van der Waals surface area contributed by atoms with E-state index in [1.54, 1.807) is 6.21 Å². The van der Waals surface area contributed by atoms with Gasteiger partial charge in [0.05, 0.1) is 24.2 Å². The Morgan fingerprint density at radius 2 is 1.86 bits per heavy atom. The molecule has 6 nitrogen and oxygen atoms in total. The SMILES string of the molecule is CC[C@@H](C)Oc1cc(N(C)C)ccc1C=NN1C(=O)[C@@H]2[C@H](C1=O)[C@H]1C=C[C@H]2C1. The molecule has 4 rings (SSSR count). The van der Waals surface area contributed by atoms with Crippen LogP contribution in [0.25, 0.3) is 0 Å². The van der Waals surface area contributed by atoms with E-state index >= 15 is 0 Å². The molecule has 0 aromatic heterocycles. The molecule has 5 atom stereocenters. The van der Waals surface area contributed by atoms with Gasteiger partial charge in [-0.15, -0.1) is 0 Å². The Hall–Kier alpha value is -2.63. The zero-order chi connectivity index (χ0) is 20.0. The molecule has 2 amide bonds. The van der Waals surface area contributed by atoms with Gasteiger partial charge in [0.25, 0.3) is 11.8 Å². The average Bonchev–Trinajstić information content (AvgIpc) is 3.35. The molecule has 1 aliphatic heterocycles. The molecule has 148 valence electrons. The molecule has 1 aromatic rings. The number of hydrazone groups is 1. The van der Waals surface area contributed by atoms with Crippen LogP contribution in [-0.2, 0) is 9.59 Å². The monoisotopic (exact) mass is 381 g/mol. The summed E-state index contributed by atoms with van der Waals surface area (Å²) in [6, 6.07) is 5.84. The van der Waals surface area contributed by atoms with Crippen molar-refractivity contribution in [1.82, 2.24) is 5.01 Å². The molecule has 6 heteroatoms. The summed E-state index contributed by atoms with van der Waals surface area (Å²) in [5, 5.41) is 5.37. The molecule has 1 saturated carbocycles. The Balaban J connectivity index is 1.59. The molecule has 2 fully saturated rings. The van der Waals surface area contributed by atoms with Crippen molar-refractivity contribution in [1.29, 1.82) is 0 Å². The first-order valence-corrected chi connectivity index (χ1v) is 9.98. The molecule has 0 spiro atoms. The van der Waals surface area contributed by atoms with Crippen molar-refractivity contribution in [2.75, 3.05) is 19.0 Å². The summed E-state index contributed by atoms with van der Waals surface area (Å²) in [4.78, 5) is 27.6. The number of ether oxygens (including phenoxy) is 1. The van der Waals surface area contributed by atoms with Crippen LogP contribution in [0.3, 0.4) is 0 Å². The minimum Gasteiger partial charge on any atom is -0.490 e. The molecular formula is C22H27N3O3. The number of benzene rings is 1. The van der Waals surface area contributed by atoms with Gasteiger partial charge in [-0.05, 0) is 43.7 Å². The lowest BCUT2D eigenvalue weighted by atomic mass is 9.85. The third kappa shape index (κ3) is 3.01. The van der Waals surface area contributed by atoms with Crippen LogP contribution < -0.4 is 9.64 Å². The molecule has 0 radical (unpaired) electrons. The lowest BCUT2D eigenvalue weighted by Gasteiger charge is -2.19.